The maximum atomic E-state index is 13.0. The van der Waals surface area contributed by atoms with Crippen LogP contribution in [-0.4, -0.2) is 35.7 Å². The summed E-state index contributed by atoms with van der Waals surface area (Å²) in [7, 11) is -1.48. The fraction of sp³-hybridized carbons (Fsp3) is 0.421. The lowest BCUT2D eigenvalue weighted by atomic mass is 9.98. The Morgan fingerprint density at radius 3 is 2.57 bits per heavy atom. The summed E-state index contributed by atoms with van der Waals surface area (Å²) in [6, 6.07) is 1.97. The van der Waals surface area contributed by atoms with E-state index in [2.05, 4.69) is 15.1 Å². The molecule has 2 unspecified atom stereocenters. The molecule has 2 aromatic rings. The summed E-state index contributed by atoms with van der Waals surface area (Å²) in [6.07, 6.45) is -1.41. The second kappa shape index (κ2) is 6.93. The average Bonchev–Trinajstić information content (AvgIpc) is 3.46. The standard InChI is InChI=1S/C19H17F3N4O3S/c1-3-30(29)14-7-11(18(4-5-18)17(27)28)8-24-16(14)26-10(2)15-13(25-26)6-12(9-23-15)19(20,21)22/h6-10H,3-5H2,1-2H3/p+1. The molecule has 11 heteroatoms. The number of rotatable bonds is 5. The summed E-state index contributed by atoms with van der Waals surface area (Å²) in [5, 5.41) is 13.8. The topological polar surface area (TPSA) is 95.5 Å². The Balaban J connectivity index is 1.81. The van der Waals surface area contributed by atoms with E-state index in [-0.39, 0.29) is 17.3 Å². The smallest absolute Gasteiger partial charge is 0.417 e. The molecule has 1 N–H and O–H groups in total. The van der Waals surface area contributed by atoms with Gasteiger partial charge in [0, 0.05) is 17.5 Å². The fourth-order valence-electron chi connectivity index (χ4n) is 3.52. The first-order valence-corrected chi connectivity index (χ1v) is 10.6. The van der Waals surface area contributed by atoms with Crippen LogP contribution < -0.4 is 0 Å². The zero-order valence-electron chi connectivity index (χ0n) is 16.1. The van der Waals surface area contributed by atoms with Crippen LogP contribution >= 0.6 is 0 Å². The minimum Gasteiger partial charge on any atom is -0.481 e. The molecule has 4 rings (SSSR count). The number of aromatic nitrogens is 2. The normalized spacial score (nSPS) is 20.4. The van der Waals surface area contributed by atoms with Gasteiger partial charge in [0.15, 0.2) is 6.04 Å². The summed E-state index contributed by atoms with van der Waals surface area (Å²) in [5.41, 5.74) is -1.03. The number of azo groups is 2. The molecule has 2 aromatic heterocycles. The monoisotopic (exact) mass is 439 g/mol. The van der Waals surface area contributed by atoms with Crippen LogP contribution in [-0.2, 0) is 27.2 Å². The van der Waals surface area contributed by atoms with E-state index in [0.717, 1.165) is 12.3 Å². The molecule has 0 bridgehead atoms. The Labute approximate surface area is 172 Å². The zero-order valence-corrected chi connectivity index (χ0v) is 16.9. The van der Waals surface area contributed by atoms with Crippen LogP contribution in [0, 0.1) is 0 Å². The van der Waals surface area contributed by atoms with Gasteiger partial charge in [-0.1, -0.05) is 12.0 Å². The van der Waals surface area contributed by atoms with Crippen LogP contribution in [0.25, 0.3) is 0 Å². The third-order valence-corrected chi connectivity index (χ3v) is 6.79. The molecule has 30 heavy (non-hydrogen) atoms. The summed E-state index contributed by atoms with van der Waals surface area (Å²) in [6.45, 7) is 3.43. The van der Waals surface area contributed by atoms with Crippen molar-refractivity contribution in [3.8, 4) is 0 Å². The highest BCUT2D eigenvalue weighted by atomic mass is 32.2. The quantitative estimate of drug-likeness (QED) is 0.703. The predicted molar refractivity (Wildman–Crippen MR) is 99.4 cm³/mol. The molecule has 1 aliphatic heterocycles. The van der Waals surface area contributed by atoms with Gasteiger partial charge >= 0.3 is 18.0 Å². The number of carboxylic acids is 1. The zero-order chi connectivity index (χ0) is 21.8. The minimum absolute atomic E-state index is 0.0700. The van der Waals surface area contributed by atoms with Crippen molar-refractivity contribution < 1.29 is 32.0 Å². The van der Waals surface area contributed by atoms with Gasteiger partial charge in [-0.15, -0.1) is 4.70 Å². The highest BCUT2D eigenvalue weighted by Crippen LogP contribution is 2.49. The highest BCUT2D eigenvalue weighted by Gasteiger charge is 2.53. The van der Waals surface area contributed by atoms with E-state index < -0.39 is 40.0 Å². The lowest BCUT2D eigenvalue weighted by Crippen LogP contribution is -2.21. The van der Waals surface area contributed by atoms with Gasteiger partial charge in [0.05, 0.1) is 21.8 Å². The van der Waals surface area contributed by atoms with Gasteiger partial charge in [-0.2, -0.15) is 13.2 Å². The van der Waals surface area contributed by atoms with Crippen molar-refractivity contribution in [2.75, 3.05) is 5.75 Å². The molecule has 1 fully saturated rings. The number of hydrogen-bond acceptors (Lipinski definition) is 5. The number of carboxylic acid groups (broad SMARTS) is 1. The fourth-order valence-corrected chi connectivity index (χ4v) is 4.43. The number of aliphatic carboxylic acids is 1. The van der Waals surface area contributed by atoms with Crippen LogP contribution in [0.5, 0.6) is 0 Å². The number of pyridine rings is 2. The van der Waals surface area contributed by atoms with Gasteiger partial charge in [0.1, 0.15) is 22.5 Å². The number of alkyl halides is 3. The van der Waals surface area contributed by atoms with Crippen molar-refractivity contribution >= 4 is 28.3 Å². The van der Waals surface area contributed by atoms with Crippen molar-refractivity contribution in [3.05, 3.63) is 41.3 Å². The Morgan fingerprint density at radius 2 is 2.00 bits per heavy atom. The van der Waals surface area contributed by atoms with Gasteiger partial charge in [-0.25, -0.2) is 0 Å². The van der Waals surface area contributed by atoms with E-state index in [9.17, 15) is 27.3 Å². The Bertz CT molecular complexity index is 1110. The summed E-state index contributed by atoms with van der Waals surface area (Å²) >= 11 is 0. The molecule has 1 aliphatic carbocycles. The molecular formula is C19H18F3N4O3S+. The largest absolute Gasteiger partial charge is 0.481 e. The van der Waals surface area contributed by atoms with E-state index in [1.165, 1.54) is 10.9 Å². The molecule has 2 aliphatic rings. The van der Waals surface area contributed by atoms with Crippen LogP contribution in [0.1, 0.15) is 49.6 Å². The molecule has 1 saturated carbocycles. The third kappa shape index (κ3) is 3.21. The van der Waals surface area contributed by atoms with Gasteiger partial charge in [-0.05, 0) is 36.9 Å². The molecule has 2 atom stereocenters. The molecule has 7 nitrogen and oxygen atoms in total. The predicted octanol–water partition coefficient (Wildman–Crippen LogP) is 4.24. The van der Waals surface area contributed by atoms with E-state index in [0.29, 0.717) is 29.0 Å². The molecule has 3 heterocycles. The lowest BCUT2D eigenvalue weighted by Gasteiger charge is -2.11. The van der Waals surface area contributed by atoms with E-state index >= 15 is 0 Å². The van der Waals surface area contributed by atoms with Crippen LogP contribution in [0.3, 0.4) is 0 Å². The molecule has 0 radical (unpaired) electrons. The second-order valence-corrected chi connectivity index (χ2v) is 9.02. The van der Waals surface area contributed by atoms with Crippen molar-refractivity contribution in [2.24, 2.45) is 5.11 Å². The summed E-state index contributed by atoms with van der Waals surface area (Å²) in [5.74, 6) is -0.468. The second-order valence-electron chi connectivity index (χ2n) is 7.31. The molecule has 0 aromatic carbocycles. The molecule has 0 saturated heterocycles. The maximum Gasteiger partial charge on any atom is 0.417 e. The Morgan fingerprint density at radius 1 is 1.30 bits per heavy atom. The number of nitrogens with zero attached hydrogens (tertiary/aromatic N) is 4. The minimum atomic E-state index is -4.54. The van der Waals surface area contributed by atoms with Gasteiger partial charge in [0.25, 0.3) is 0 Å². The van der Waals surface area contributed by atoms with Crippen molar-refractivity contribution in [3.63, 3.8) is 0 Å². The van der Waals surface area contributed by atoms with Crippen molar-refractivity contribution in [1.29, 1.82) is 0 Å². The van der Waals surface area contributed by atoms with E-state index in [1.54, 1.807) is 19.9 Å². The first-order valence-electron chi connectivity index (χ1n) is 9.29. The first-order chi connectivity index (χ1) is 14.1. The Kier molecular flexibility index (Phi) is 4.75. The van der Waals surface area contributed by atoms with Crippen molar-refractivity contribution in [2.45, 2.75) is 49.2 Å². The SMILES string of the molecule is CCS(=O)c1cc(C2(C(=O)O)CC2)cnc1[N+]1=Nc2cc(C(F)(F)F)cnc2C1C. The number of hydrogen-bond donors (Lipinski definition) is 1. The summed E-state index contributed by atoms with van der Waals surface area (Å²) < 4.78 is 53.2. The maximum absolute atomic E-state index is 13.0. The van der Waals surface area contributed by atoms with Crippen LogP contribution in [0.4, 0.5) is 24.7 Å². The van der Waals surface area contributed by atoms with Crippen LogP contribution in [0.15, 0.2) is 34.5 Å². The summed E-state index contributed by atoms with van der Waals surface area (Å²) in [4.78, 5) is 20.2. The van der Waals surface area contributed by atoms with Gasteiger partial charge < -0.3 is 5.11 Å². The molecule has 158 valence electrons. The first kappa shape index (κ1) is 20.6. The third-order valence-electron chi connectivity index (χ3n) is 5.47. The molecular weight excluding hydrogens is 421 g/mol. The number of halogens is 3. The van der Waals surface area contributed by atoms with Gasteiger partial charge in [-0.3, -0.25) is 14.0 Å². The van der Waals surface area contributed by atoms with Crippen LogP contribution in [0.2, 0.25) is 0 Å². The van der Waals surface area contributed by atoms with Gasteiger partial charge in [0.2, 0.25) is 0 Å². The van der Waals surface area contributed by atoms with E-state index in [1.807, 2.05) is 0 Å². The Hall–Kier alpha value is -2.69. The lowest BCUT2D eigenvalue weighted by molar-refractivity contribution is -0.549. The molecule has 0 spiro atoms. The highest BCUT2D eigenvalue weighted by molar-refractivity contribution is 7.85. The molecule has 0 amide bonds. The number of carbonyl (C=O) groups is 1. The van der Waals surface area contributed by atoms with Crippen molar-refractivity contribution in [1.82, 2.24) is 9.97 Å². The van der Waals surface area contributed by atoms with E-state index in [4.69, 9.17) is 0 Å². The average molecular weight is 439 g/mol. The number of fused-ring (bicyclic) bond motifs is 1.